The van der Waals surface area contributed by atoms with Gasteiger partial charge in [0.2, 0.25) is 5.91 Å². The summed E-state index contributed by atoms with van der Waals surface area (Å²) in [6.07, 6.45) is 3.42. The molecule has 25 heavy (non-hydrogen) atoms. The zero-order chi connectivity index (χ0) is 17.6. The number of likely N-dealkylation sites (tertiary alicyclic amines) is 1. The molecule has 1 fully saturated rings. The second-order valence-electron chi connectivity index (χ2n) is 6.15. The number of thioether (sulfide) groups is 1. The van der Waals surface area contributed by atoms with Crippen molar-refractivity contribution in [3.63, 3.8) is 0 Å². The number of para-hydroxylation sites is 1. The maximum atomic E-state index is 12.6. The van der Waals surface area contributed by atoms with Gasteiger partial charge in [-0.2, -0.15) is 0 Å². The van der Waals surface area contributed by atoms with Crippen LogP contribution in [-0.4, -0.2) is 36.1 Å². The highest BCUT2D eigenvalue weighted by Crippen LogP contribution is 2.22. The molecule has 4 nitrogen and oxygen atoms in total. The standard InChI is InChI=1S/C20H22N2O2S/c1-25-18-9-7-16(8-10-18)20(24)22-13-11-15(12-14-22)19(23)21-17-5-3-2-4-6-17/h2-10,15H,11-14H2,1H3,(H,21,23). The molecule has 5 heteroatoms. The maximum absolute atomic E-state index is 12.6. The normalized spacial score (nSPS) is 15.0. The van der Waals surface area contributed by atoms with E-state index in [1.54, 1.807) is 11.8 Å². The monoisotopic (exact) mass is 354 g/mol. The number of piperidine rings is 1. The Morgan fingerprint density at radius 1 is 1.00 bits per heavy atom. The van der Waals surface area contributed by atoms with E-state index in [-0.39, 0.29) is 17.7 Å². The summed E-state index contributed by atoms with van der Waals surface area (Å²) in [5.41, 5.74) is 1.53. The molecule has 0 unspecified atom stereocenters. The summed E-state index contributed by atoms with van der Waals surface area (Å²) in [6, 6.07) is 17.2. The number of hydrogen-bond acceptors (Lipinski definition) is 3. The van der Waals surface area contributed by atoms with Crippen molar-refractivity contribution in [1.29, 1.82) is 0 Å². The number of anilines is 1. The Kier molecular flexibility index (Phi) is 5.76. The van der Waals surface area contributed by atoms with Crippen LogP contribution in [0.4, 0.5) is 5.69 Å². The second-order valence-corrected chi connectivity index (χ2v) is 7.03. The third-order valence-corrected chi connectivity index (χ3v) is 5.27. The first-order valence-corrected chi connectivity index (χ1v) is 9.69. The van der Waals surface area contributed by atoms with E-state index >= 15 is 0 Å². The van der Waals surface area contributed by atoms with E-state index in [1.807, 2.05) is 65.8 Å². The Balaban J connectivity index is 1.54. The minimum absolute atomic E-state index is 0.0388. The fourth-order valence-corrected chi connectivity index (χ4v) is 3.43. The molecule has 0 aromatic heterocycles. The summed E-state index contributed by atoms with van der Waals surface area (Å²) in [5.74, 6) is 0.0558. The summed E-state index contributed by atoms with van der Waals surface area (Å²) in [6.45, 7) is 1.24. The van der Waals surface area contributed by atoms with Crippen molar-refractivity contribution in [3.8, 4) is 0 Å². The van der Waals surface area contributed by atoms with E-state index in [2.05, 4.69) is 5.32 Å². The first-order valence-electron chi connectivity index (χ1n) is 8.46. The molecule has 130 valence electrons. The highest BCUT2D eigenvalue weighted by molar-refractivity contribution is 7.98. The third-order valence-electron chi connectivity index (χ3n) is 4.53. The number of hydrogen-bond donors (Lipinski definition) is 1. The molecule has 0 aliphatic carbocycles. The molecule has 0 bridgehead atoms. The van der Waals surface area contributed by atoms with E-state index in [1.165, 1.54) is 0 Å². The summed E-state index contributed by atoms with van der Waals surface area (Å²) in [4.78, 5) is 27.9. The van der Waals surface area contributed by atoms with Crippen LogP contribution in [0.25, 0.3) is 0 Å². The lowest BCUT2D eigenvalue weighted by atomic mass is 9.95. The van der Waals surface area contributed by atoms with E-state index in [9.17, 15) is 9.59 Å². The molecule has 1 aliphatic heterocycles. The molecule has 0 atom stereocenters. The van der Waals surface area contributed by atoms with Crippen LogP contribution in [0.3, 0.4) is 0 Å². The Bertz CT molecular complexity index is 723. The topological polar surface area (TPSA) is 49.4 Å². The minimum atomic E-state index is -0.0388. The summed E-state index contributed by atoms with van der Waals surface area (Å²) in [7, 11) is 0. The second kappa shape index (κ2) is 8.21. The molecular weight excluding hydrogens is 332 g/mol. The average Bonchev–Trinajstić information content (AvgIpc) is 2.68. The van der Waals surface area contributed by atoms with Gasteiger partial charge in [-0.15, -0.1) is 11.8 Å². The number of amides is 2. The molecule has 1 saturated heterocycles. The van der Waals surface area contributed by atoms with Gasteiger partial charge in [0.25, 0.3) is 5.91 Å². The Hall–Kier alpha value is -2.27. The minimum Gasteiger partial charge on any atom is -0.339 e. The van der Waals surface area contributed by atoms with Crippen LogP contribution in [0.5, 0.6) is 0 Å². The molecule has 0 saturated carbocycles. The smallest absolute Gasteiger partial charge is 0.253 e. The Morgan fingerprint density at radius 2 is 1.64 bits per heavy atom. The van der Waals surface area contributed by atoms with Crippen molar-refractivity contribution in [3.05, 3.63) is 60.2 Å². The quantitative estimate of drug-likeness (QED) is 0.847. The van der Waals surface area contributed by atoms with E-state index in [0.29, 0.717) is 31.5 Å². The third kappa shape index (κ3) is 4.42. The van der Waals surface area contributed by atoms with Gasteiger partial charge < -0.3 is 10.2 Å². The van der Waals surface area contributed by atoms with Crippen LogP contribution >= 0.6 is 11.8 Å². The van der Waals surface area contributed by atoms with Crippen molar-refractivity contribution in [2.75, 3.05) is 24.7 Å². The van der Waals surface area contributed by atoms with Gasteiger partial charge in [0.15, 0.2) is 0 Å². The number of benzene rings is 2. The fraction of sp³-hybridized carbons (Fsp3) is 0.300. The molecule has 1 N–H and O–H groups in total. The molecule has 3 rings (SSSR count). The van der Waals surface area contributed by atoms with E-state index < -0.39 is 0 Å². The van der Waals surface area contributed by atoms with Crippen molar-refractivity contribution >= 4 is 29.3 Å². The molecule has 2 aromatic rings. The number of carbonyl (C=O) groups excluding carboxylic acids is 2. The van der Waals surface area contributed by atoms with Crippen LogP contribution in [0.15, 0.2) is 59.5 Å². The first-order chi connectivity index (χ1) is 12.2. The van der Waals surface area contributed by atoms with Crippen molar-refractivity contribution < 1.29 is 9.59 Å². The summed E-state index contributed by atoms with van der Waals surface area (Å²) in [5, 5.41) is 2.96. The van der Waals surface area contributed by atoms with Gasteiger partial charge in [-0.05, 0) is 55.5 Å². The van der Waals surface area contributed by atoms with Crippen LogP contribution in [-0.2, 0) is 4.79 Å². The maximum Gasteiger partial charge on any atom is 0.253 e. The van der Waals surface area contributed by atoms with Gasteiger partial charge in [-0.3, -0.25) is 9.59 Å². The van der Waals surface area contributed by atoms with Gasteiger partial charge in [0.05, 0.1) is 0 Å². The van der Waals surface area contributed by atoms with Crippen molar-refractivity contribution in [2.24, 2.45) is 5.92 Å². The zero-order valence-electron chi connectivity index (χ0n) is 14.3. The number of carbonyl (C=O) groups is 2. The molecule has 1 aliphatic rings. The average molecular weight is 354 g/mol. The van der Waals surface area contributed by atoms with Crippen LogP contribution in [0, 0.1) is 5.92 Å². The van der Waals surface area contributed by atoms with E-state index in [4.69, 9.17) is 0 Å². The molecular formula is C20H22N2O2S. The van der Waals surface area contributed by atoms with Gasteiger partial charge in [0.1, 0.15) is 0 Å². The van der Waals surface area contributed by atoms with Crippen molar-refractivity contribution in [2.45, 2.75) is 17.7 Å². The lowest BCUT2D eigenvalue weighted by molar-refractivity contribution is -0.121. The lowest BCUT2D eigenvalue weighted by Gasteiger charge is -2.31. The van der Waals surface area contributed by atoms with Crippen LogP contribution in [0.1, 0.15) is 23.2 Å². The summed E-state index contributed by atoms with van der Waals surface area (Å²) >= 11 is 1.66. The SMILES string of the molecule is CSc1ccc(C(=O)N2CCC(C(=O)Nc3ccccc3)CC2)cc1. The van der Waals surface area contributed by atoms with Gasteiger partial charge in [0, 0.05) is 35.2 Å². The molecule has 1 heterocycles. The zero-order valence-corrected chi connectivity index (χ0v) is 15.1. The lowest BCUT2D eigenvalue weighted by Crippen LogP contribution is -2.41. The first kappa shape index (κ1) is 17.5. The highest BCUT2D eigenvalue weighted by atomic mass is 32.2. The van der Waals surface area contributed by atoms with E-state index in [0.717, 1.165) is 10.6 Å². The van der Waals surface area contributed by atoms with Gasteiger partial charge in [-0.25, -0.2) is 0 Å². The molecule has 2 amide bonds. The Labute approximate surface area is 152 Å². The Morgan fingerprint density at radius 3 is 2.24 bits per heavy atom. The predicted octanol–water partition coefficient (Wildman–Crippen LogP) is 3.90. The number of rotatable bonds is 4. The molecule has 2 aromatic carbocycles. The van der Waals surface area contributed by atoms with Gasteiger partial charge in [-0.1, -0.05) is 18.2 Å². The predicted molar refractivity (Wildman–Crippen MR) is 102 cm³/mol. The highest BCUT2D eigenvalue weighted by Gasteiger charge is 2.27. The fourth-order valence-electron chi connectivity index (χ4n) is 3.03. The molecule has 0 spiro atoms. The van der Waals surface area contributed by atoms with Crippen molar-refractivity contribution in [1.82, 2.24) is 4.90 Å². The van der Waals surface area contributed by atoms with Crippen LogP contribution < -0.4 is 5.32 Å². The largest absolute Gasteiger partial charge is 0.339 e. The summed E-state index contributed by atoms with van der Waals surface area (Å²) < 4.78 is 0. The molecule has 0 radical (unpaired) electrons. The number of nitrogens with zero attached hydrogens (tertiary/aromatic N) is 1. The number of nitrogens with one attached hydrogen (secondary N) is 1. The van der Waals surface area contributed by atoms with Crippen LogP contribution in [0.2, 0.25) is 0 Å². The van der Waals surface area contributed by atoms with Gasteiger partial charge >= 0.3 is 0 Å².